The molecule has 11 nitrogen and oxygen atoms in total. The lowest BCUT2D eigenvalue weighted by Gasteiger charge is -2.36. The van der Waals surface area contributed by atoms with E-state index in [4.69, 9.17) is 0 Å². The number of amides is 5. The molecule has 38 heavy (non-hydrogen) atoms. The second-order valence-electron chi connectivity index (χ2n) is 8.50. The Kier molecular flexibility index (Phi) is 6.89. The number of halogens is 3. The molecule has 2 aliphatic heterocycles. The van der Waals surface area contributed by atoms with Gasteiger partial charge in [-0.3, -0.25) is 29.8 Å². The van der Waals surface area contributed by atoms with E-state index in [-0.39, 0.29) is 17.2 Å². The maximum atomic E-state index is 13.2. The van der Waals surface area contributed by atoms with E-state index in [1.54, 1.807) is 4.90 Å². The fourth-order valence-electron chi connectivity index (χ4n) is 4.19. The minimum Gasteiger partial charge on any atom is -0.367 e. The number of hydrogen-bond acceptors (Lipinski definition) is 7. The van der Waals surface area contributed by atoms with Crippen molar-refractivity contribution in [1.82, 2.24) is 10.2 Å². The van der Waals surface area contributed by atoms with Crippen molar-refractivity contribution in [3.8, 4) is 0 Å². The van der Waals surface area contributed by atoms with Crippen LogP contribution < -0.4 is 15.1 Å². The highest BCUT2D eigenvalue weighted by Crippen LogP contribution is 2.34. The van der Waals surface area contributed by atoms with E-state index < -0.39 is 45.8 Å². The summed E-state index contributed by atoms with van der Waals surface area (Å²) in [6.45, 7) is 2.91. The smallest absolute Gasteiger partial charge is 0.367 e. The molecule has 0 atom stereocenters. The predicted octanol–water partition coefficient (Wildman–Crippen LogP) is 2.95. The van der Waals surface area contributed by atoms with E-state index >= 15 is 0 Å². The molecule has 4 rings (SSSR count). The number of carbonyl (C=O) groups excluding carboxylic acids is 4. The van der Waals surface area contributed by atoms with Crippen LogP contribution in [0.25, 0.3) is 6.08 Å². The summed E-state index contributed by atoms with van der Waals surface area (Å²) < 4.78 is 39.6. The van der Waals surface area contributed by atoms with Crippen molar-refractivity contribution in [3.05, 3.63) is 69.3 Å². The number of urea groups is 1. The van der Waals surface area contributed by atoms with Crippen LogP contribution in [-0.2, 0) is 20.6 Å². The summed E-state index contributed by atoms with van der Waals surface area (Å²) in [5, 5.41) is 13.3. The summed E-state index contributed by atoms with van der Waals surface area (Å²) in [6, 6.07) is 6.06. The lowest BCUT2D eigenvalue weighted by molar-refractivity contribution is -0.384. The number of anilines is 2. The highest BCUT2D eigenvalue weighted by molar-refractivity contribution is 6.39. The Balaban J connectivity index is 1.75. The van der Waals surface area contributed by atoms with Crippen molar-refractivity contribution in [2.45, 2.75) is 13.1 Å². The molecule has 0 aliphatic carbocycles. The minimum absolute atomic E-state index is 0.104. The second kappa shape index (κ2) is 9.95. The van der Waals surface area contributed by atoms with Crippen LogP contribution in [0, 0.1) is 10.1 Å². The summed E-state index contributed by atoms with van der Waals surface area (Å²) in [5.41, 5.74) is -1.94. The molecule has 2 aromatic carbocycles. The number of hydrogen-bond donors (Lipinski definition) is 1. The van der Waals surface area contributed by atoms with Crippen LogP contribution in [0.2, 0.25) is 0 Å². The zero-order valence-electron chi connectivity index (χ0n) is 19.8. The first-order chi connectivity index (χ1) is 17.9. The molecule has 2 heterocycles. The molecular weight excluding hydrogens is 511 g/mol. The van der Waals surface area contributed by atoms with Gasteiger partial charge in [-0.2, -0.15) is 13.2 Å². The molecule has 5 amide bonds. The molecule has 198 valence electrons. The van der Waals surface area contributed by atoms with Crippen molar-refractivity contribution in [1.29, 1.82) is 0 Å². The number of piperazine rings is 1. The molecule has 0 unspecified atom stereocenters. The number of barbiturate groups is 1. The van der Waals surface area contributed by atoms with E-state index in [2.05, 4.69) is 0 Å². The summed E-state index contributed by atoms with van der Waals surface area (Å²) in [6.07, 6.45) is -3.69. The summed E-state index contributed by atoms with van der Waals surface area (Å²) >= 11 is 0. The average molecular weight is 531 g/mol. The zero-order valence-corrected chi connectivity index (χ0v) is 19.8. The topological polar surface area (TPSA) is 133 Å². The second-order valence-corrected chi connectivity index (χ2v) is 8.50. The highest BCUT2D eigenvalue weighted by atomic mass is 19.4. The number of nitrogens with one attached hydrogen (secondary N) is 1. The highest BCUT2D eigenvalue weighted by Gasteiger charge is 2.39. The molecule has 0 radical (unpaired) electrons. The van der Waals surface area contributed by atoms with Crippen LogP contribution in [0.5, 0.6) is 0 Å². The Morgan fingerprint density at radius 3 is 2.34 bits per heavy atom. The monoisotopic (exact) mass is 531 g/mol. The number of nitrogens with zero attached hydrogens (tertiary/aromatic N) is 4. The van der Waals surface area contributed by atoms with E-state index in [9.17, 15) is 42.5 Å². The Labute approximate surface area is 213 Å². The third-order valence-electron chi connectivity index (χ3n) is 6.12. The van der Waals surface area contributed by atoms with Gasteiger partial charge in [0.25, 0.3) is 17.5 Å². The van der Waals surface area contributed by atoms with Crippen LogP contribution in [0.4, 0.5) is 35.0 Å². The van der Waals surface area contributed by atoms with E-state index in [1.807, 2.05) is 10.2 Å². The van der Waals surface area contributed by atoms with Gasteiger partial charge in [0.2, 0.25) is 5.91 Å². The Morgan fingerprint density at radius 1 is 1.05 bits per heavy atom. The van der Waals surface area contributed by atoms with Crippen LogP contribution in [-0.4, -0.2) is 59.8 Å². The summed E-state index contributed by atoms with van der Waals surface area (Å²) in [4.78, 5) is 64.6. The number of benzene rings is 2. The van der Waals surface area contributed by atoms with Gasteiger partial charge in [0.05, 0.1) is 16.2 Å². The molecule has 14 heteroatoms. The van der Waals surface area contributed by atoms with Crippen molar-refractivity contribution in [2.75, 3.05) is 36.0 Å². The molecule has 0 spiro atoms. The first-order valence-electron chi connectivity index (χ1n) is 11.2. The van der Waals surface area contributed by atoms with Gasteiger partial charge in [0.15, 0.2) is 0 Å². The van der Waals surface area contributed by atoms with E-state index in [1.165, 1.54) is 19.1 Å². The fourth-order valence-corrected chi connectivity index (χ4v) is 4.19. The minimum atomic E-state index is -4.75. The van der Waals surface area contributed by atoms with E-state index in [0.717, 1.165) is 30.3 Å². The summed E-state index contributed by atoms with van der Waals surface area (Å²) in [5.74, 6) is -2.42. The molecular formula is C24H20F3N5O6. The standard InChI is InChI=1S/C24H20F3N5O6/c1-14(33)29-7-9-30(10-8-29)20-6-5-18(32(37)38)11-15(20)12-19-21(34)28-23(36)31(22(19)35)17-4-2-3-16(13-17)24(25,26)27/h2-6,11-13H,7-10H2,1H3,(H,28,34,36)/b19-12-. The van der Waals surface area contributed by atoms with Crippen LogP contribution >= 0.6 is 0 Å². The molecule has 0 bridgehead atoms. The van der Waals surface area contributed by atoms with E-state index in [0.29, 0.717) is 42.8 Å². The quantitative estimate of drug-likeness (QED) is 0.278. The van der Waals surface area contributed by atoms with Gasteiger partial charge in [0, 0.05) is 56.5 Å². The van der Waals surface area contributed by atoms with Gasteiger partial charge in [0.1, 0.15) is 5.57 Å². The van der Waals surface area contributed by atoms with Gasteiger partial charge in [-0.25, -0.2) is 9.69 Å². The maximum Gasteiger partial charge on any atom is 0.416 e. The molecule has 2 aromatic rings. The number of carbonyl (C=O) groups is 4. The Hall–Kier alpha value is -4.75. The molecule has 0 saturated carbocycles. The maximum absolute atomic E-state index is 13.2. The lowest BCUT2D eigenvalue weighted by atomic mass is 10.0. The largest absolute Gasteiger partial charge is 0.416 e. The number of alkyl halides is 3. The first-order valence-corrected chi connectivity index (χ1v) is 11.2. The predicted molar refractivity (Wildman–Crippen MR) is 128 cm³/mol. The number of rotatable bonds is 4. The lowest BCUT2D eigenvalue weighted by Crippen LogP contribution is -2.54. The molecule has 2 saturated heterocycles. The van der Waals surface area contributed by atoms with Gasteiger partial charge < -0.3 is 9.80 Å². The third kappa shape index (κ3) is 5.19. The first kappa shape index (κ1) is 26.3. The number of imide groups is 2. The van der Waals surface area contributed by atoms with Crippen LogP contribution in [0.15, 0.2) is 48.0 Å². The van der Waals surface area contributed by atoms with Crippen molar-refractivity contribution >= 4 is 46.9 Å². The number of non-ortho nitro benzene ring substituents is 1. The van der Waals surface area contributed by atoms with Gasteiger partial charge in [-0.15, -0.1) is 0 Å². The van der Waals surface area contributed by atoms with Crippen molar-refractivity contribution < 1.29 is 37.3 Å². The molecule has 1 N–H and O–H groups in total. The van der Waals surface area contributed by atoms with Crippen molar-refractivity contribution in [2.24, 2.45) is 0 Å². The number of nitro groups is 1. The summed E-state index contributed by atoms with van der Waals surface area (Å²) in [7, 11) is 0. The van der Waals surface area contributed by atoms with Gasteiger partial charge in [-0.1, -0.05) is 6.07 Å². The normalized spacial score (nSPS) is 17.6. The Bertz CT molecular complexity index is 1380. The van der Waals surface area contributed by atoms with Crippen LogP contribution in [0.3, 0.4) is 0 Å². The van der Waals surface area contributed by atoms with Crippen molar-refractivity contribution in [3.63, 3.8) is 0 Å². The third-order valence-corrected chi connectivity index (χ3v) is 6.12. The zero-order chi connectivity index (χ0) is 27.8. The molecule has 0 aromatic heterocycles. The molecule has 2 fully saturated rings. The SMILES string of the molecule is CC(=O)N1CCN(c2ccc([N+](=O)[O-])cc2/C=C2/C(=O)NC(=O)N(c3cccc(C(F)(F)F)c3)C2=O)CC1. The Morgan fingerprint density at radius 2 is 1.74 bits per heavy atom. The average Bonchev–Trinajstić information content (AvgIpc) is 2.86. The van der Waals surface area contributed by atoms with Crippen LogP contribution in [0.1, 0.15) is 18.1 Å². The fraction of sp³-hybridized carbons (Fsp3) is 0.250. The molecule has 2 aliphatic rings. The number of nitro benzene ring substituents is 1. The van der Waals surface area contributed by atoms with Gasteiger partial charge in [-0.05, 0) is 30.3 Å². The van der Waals surface area contributed by atoms with Gasteiger partial charge >= 0.3 is 12.2 Å².